The minimum atomic E-state index is -1.33. The molecule has 1 atom stereocenters. The van der Waals surface area contributed by atoms with Crippen molar-refractivity contribution in [1.82, 2.24) is 19.0 Å². The first-order chi connectivity index (χ1) is 16.5. The Balaban J connectivity index is 1.73. The first-order valence-corrected chi connectivity index (χ1v) is 13.2. The highest BCUT2D eigenvalue weighted by Gasteiger charge is 2.27. The number of ether oxygens (including phenoxy) is 2. The number of carbonyl (C=O) groups excluding carboxylic acids is 2. The van der Waals surface area contributed by atoms with Gasteiger partial charge >= 0.3 is 0 Å². The summed E-state index contributed by atoms with van der Waals surface area (Å²) in [6.07, 6.45) is 2.08. The molecule has 1 aliphatic heterocycles. The molecule has 1 fully saturated rings. The van der Waals surface area contributed by atoms with Crippen LogP contribution in [0.1, 0.15) is 30.4 Å². The number of hydrogen-bond acceptors (Lipinski definition) is 6. The van der Waals surface area contributed by atoms with Gasteiger partial charge in [0, 0.05) is 52.7 Å². The SMILES string of the molecule is COc1cc(C)c(S(=O)N(C)CCOCC(=O)N(C)C2CCN(C(=O)CCN(C)C)CC2)c(C)c1. The van der Waals surface area contributed by atoms with E-state index in [1.54, 1.807) is 30.4 Å². The van der Waals surface area contributed by atoms with Gasteiger partial charge in [-0.05, 0) is 64.0 Å². The van der Waals surface area contributed by atoms with Crippen molar-refractivity contribution in [2.45, 2.75) is 44.0 Å². The highest BCUT2D eigenvalue weighted by molar-refractivity contribution is 7.82. The minimum absolute atomic E-state index is 0.0143. The van der Waals surface area contributed by atoms with Gasteiger partial charge in [0.15, 0.2) is 0 Å². The Kier molecular flexibility index (Phi) is 11.6. The molecular formula is C25H42N4O5S. The van der Waals surface area contributed by atoms with Gasteiger partial charge in [-0.15, -0.1) is 0 Å². The van der Waals surface area contributed by atoms with E-state index in [2.05, 4.69) is 0 Å². The second-order valence-electron chi connectivity index (χ2n) is 9.41. The predicted octanol–water partition coefficient (Wildman–Crippen LogP) is 1.68. The van der Waals surface area contributed by atoms with Crippen LogP contribution in [0.3, 0.4) is 0 Å². The average molecular weight is 511 g/mol. The molecule has 0 aliphatic carbocycles. The number of rotatable bonds is 12. The van der Waals surface area contributed by atoms with Crippen molar-refractivity contribution in [1.29, 1.82) is 0 Å². The molecule has 0 saturated carbocycles. The lowest BCUT2D eigenvalue weighted by molar-refractivity contribution is -0.139. The van der Waals surface area contributed by atoms with E-state index in [0.29, 0.717) is 32.7 Å². The molecule has 1 unspecified atom stereocenters. The minimum Gasteiger partial charge on any atom is -0.497 e. The summed E-state index contributed by atoms with van der Waals surface area (Å²) < 4.78 is 25.6. The molecule has 0 aromatic heterocycles. The Morgan fingerprint density at radius 1 is 1.06 bits per heavy atom. The van der Waals surface area contributed by atoms with Crippen molar-refractivity contribution in [3.8, 4) is 5.75 Å². The topological polar surface area (TPSA) is 82.6 Å². The Bertz CT molecular complexity index is 864. The monoisotopic (exact) mass is 510 g/mol. The third-order valence-corrected chi connectivity index (χ3v) is 8.18. The molecule has 1 saturated heterocycles. The van der Waals surface area contributed by atoms with Crippen LogP contribution < -0.4 is 4.74 Å². The summed E-state index contributed by atoms with van der Waals surface area (Å²) in [6.45, 7) is 6.66. The van der Waals surface area contributed by atoms with Gasteiger partial charge < -0.3 is 24.2 Å². The quantitative estimate of drug-likeness (QED) is 0.398. The Hall–Kier alpha value is -2.01. The fraction of sp³-hybridized carbons (Fsp3) is 0.680. The zero-order valence-electron chi connectivity index (χ0n) is 22.3. The van der Waals surface area contributed by atoms with Crippen LogP contribution in [-0.2, 0) is 25.3 Å². The Morgan fingerprint density at radius 2 is 1.66 bits per heavy atom. The lowest BCUT2D eigenvalue weighted by Gasteiger charge is -2.37. The fourth-order valence-electron chi connectivity index (χ4n) is 4.18. The largest absolute Gasteiger partial charge is 0.497 e. The van der Waals surface area contributed by atoms with E-state index in [1.807, 2.05) is 49.9 Å². The summed E-state index contributed by atoms with van der Waals surface area (Å²) in [5.41, 5.74) is 1.82. The Morgan fingerprint density at radius 3 is 2.20 bits per heavy atom. The number of likely N-dealkylation sites (tertiary alicyclic amines) is 1. The number of piperidine rings is 1. The van der Waals surface area contributed by atoms with Crippen LogP contribution in [0, 0.1) is 13.8 Å². The average Bonchev–Trinajstić information content (AvgIpc) is 2.83. The zero-order chi connectivity index (χ0) is 26.1. The lowest BCUT2D eigenvalue weighted by Crippen LogP contribution is -2.48. The van der Waals surface area contributed by atoms with Crippen molar-refractivity contribution in [2.24, 2.45) is 0 Å². The molecule has 9 nitrogen and oxygen atoms in total. The van der Waals surface area contributed by atoms with Crippen molar-refractivity contribution < 1.29 is 23.3 Å². The van der Waals surface area contributed by atoms with Gasteiger partial charge in [0.1, 0.15) is 23.3 Å². The third-order valence-electron chi connectivity index (χ3n) is 6.43. The summed E-state index contributed by atoms with van der Waals surface area (Å²) in [5, 5.41) is 0. The maximum atomic E-state index is 13.0. The van der Waals surface area contributed by atoms with Gasteiger partial charge in [-0.1, -0.05) is 0 Å². The van der Waals surface area contributed by atoms with Crippen molar-refractivity contribution >= 4 is 22.8 Å². The molecule has 10 heteroatoms. The van der Waals surface area contributed by atoms with Crippen LogP contribution in [0.4, 0.5) is 0 Å². The number of hydrogen-bond donors (Lipinski definition) is 0. The Labute approximate surface area is 212 Å². The summed E-state index contributed by atoms with van der Waals surface area (Å²) >= 11 is 0. The molecule has 2 amide bonds. The van der Waals surface area contributed by atoms with Crippen LogP contribution >= 0.6 is 0 Å². The van der Waals surface area contributed by atoms with Gasteiger partial charge in [0.05, 0.1) is 18.6 Å². The molecule has 0 spiro atoms. The van der Waals surface area contributed by atoms with Crippen molar-refractivity contribution in [3.63, 3.8) is 0 Å². The van der Waals surface area contributed by atoms with E-state index >= 15 is 0 Å². The summed E-state index contributed by atoms with van der Waals surface area (Å²) in [4.78, 5) is 31.4. The second-order valence-corrected chi connectivity index (χ2v) is 10.9. The van der Waals surface area contributed by atoms with E-state index in [1.165, 1.54) is 0 Å². The van der Waals surface area contributed by atoms with Gasteiger partial charge in [0.25, 0.3) is 0 Å². The van der Waals surface area contributed by atoms with E-state index < -0.39 is 11.0 Å². The van der Waals surface area contributed by atoms with Crippen LogP contribution in [0.25, 0.3) is 0 Å². The molecule has 0 bridgehead atoms. The highest BCUT2D eigenvalue weighted by Crippen LogP contribution is 2.25. The lowest BCUT2D eigenvalue weighted by atomic mass is 10.0. The number of carbonyl (C=O) groups is 2. The van der Waals surface area contributed by atoms with E-state index in [0.717, 1.165) is 41.2 Å². The van der Waals surface area contributed by atoms with Gasteiger partial charge in [-0.3, -0.25) is 9.59 Å². The van der Waals surface area contributed by atoms with E-state index in [4.69, 9.17) is 9.47 Å². The van der Waals surface area contributed by atoms with Gasteiger partial charge in [0.2, 0.25) is 11.8 Å². The molecule has 1 aromatic carbocycles. The number of benzene rings is 1. The maximum absolute atomic E-state index is 13.0. The first kappa shape index (κ1) is 29.2. The molecule has 2 rings (SSSR count). The van der Waals surface area contributed by atoms with Crippen LogP contribution in [0.5, 0.6) is 5.75 Å². The van der Waals surface area contributed by atoms with Crippen LogP contribution in [0.15, 0.2) is 17.0 Å². The van der Waals surface area contributed by atoms with Gasteiger partial charge in [-0.2, -0.15) is 0 Å². The fourth-order valence-corrected chi connectivity index (χ4v) is 5.40. The molecular weight excluding hydrogens is 468 g/mol. The third kappa shape index (κ3) is 8.56. The summed E-state index contributed by atoms with van der Waals surface area (Å²) in [7, 11) is 7.79. The van der Waals surface area contributed by atoms with Crippen LogP contribution in [0.2, 0.25) is 0 Å². The van der Waals surface area contributed by atoms with Crippen molar-refractivity contribution in [3.05, 3.63) is 23.3 Å². The van der Waals surface area contributed by atoms with E-state index in [9.17, 15) is 13.8 Å². The van der Waals surface area contributed by atoms with Gasteiger partial charge in [-0.25, -0.2) is 8.51 Å². The number of methoxy groups -OCH3 is 1. The summed E-state index contributed by atoms with van der Waals surface area (Å²) in [5.74, 6) is 0.847. The zero-order valence-corrected chi connectivity index (χ0v) is 23.2. The molecule has 35 heavy (non-hydrogen) atoms. The number of likely N-dealkylation sites (N-methyl/N-ethyl adjacent to an activating group) is 2. The molecule has 1 heterocycles. The molecule has 0 N–H and O–H groups in total. The van der Waals surface area contributed by atoms with Crippen molar-refractivity contribution in [2.75, 3.05) is 74.7 Å². The molecule has 198 valence electrons. The highest BCUT2D eigenvalue weighted by atomic mass is 32.2. The number of aryl methyl sites for hydroxylation is 2. The normalized spacial score (nSPS) is 15.5. The summed E-state index contributed by atoms with van der Waals surface area (Å²) in [6, 6.07) is 3.87. The number of amides is 2. The van der Waals surface area contributed by atoms with Crippen LogP contribution in [-0.4, -0.2) is 116 Å². The smallest absolute Gasteiger partial charge is 0.248 e. The van der Waals surface area contributed by atoms with E-state index in [-0.39, 0.29) is 24.5 Å². The maximum Gasteiger partial charge on any atom is 0.248 e. The molecule has 1 aromatic rings. The predicted molar refractivity (Wildman–Crippen MR) is 138 cm³/mol. The molecule has 0 radical (unpaired) electrons. The first-order valence-electron chi connectivity index (χ1n) is 12.1. The molecule has 1 aliphatic rings. The number of nitrogens with zero attached hydrogens (tertiary/aromatic N) is 4. The second kappa shape index (κ2) is 13.9. The standard InChI is InChI=1S/C25H42N4O5S/c1-19-16-22(33-7)17-20(2)25(19)35(32)27(5)14-15-34-18-24(31)28(6)21-8-12-29(13-9-21)23(30)10-11-26(3)4/h16-17,21H,8-15,18H2,1-7H3.